The molecule has 1 aliphatic rings. The van der Waals surface area contributed by atoms with Gasteiger partial charge in [-0.1, -0.05) is 25.4 Å². The summed E-state index contributed by atoms with van der Waals surface area (Å²) in [6.45, 7) is 10.2. The first-order valence-corrected chi connectivity index (χ1v) is 11.8. The molecule has 1 aromatic carbocycles. The molecule has 180 valence electrons. The van der Waals surface area contributed by atoms with Gasteiger partial charge >= 0.3 is 0 Å². The summed E-state index contributed by atoms with van der Waals surface area (Å²) in [5, 5.41) is 8.08. The zero-order valence-electron chi connectivity index (χ0n) is 19.8. The van der Waals surface area contributed by atoms with E-state index >= 15 is 0 Å². The molecule has 0 unspecified atom stereocenters. The Bertz CT molecular complexity index is 1120. The lowest BCUT2D eigenvalue weighted by Gasteiger charge is -2.27. The van der Waals surface area contributed by atoms with E-state index in [2.05, 4.69) is 34.1 Å². The van der Waals surface area contributed by atoms with Crippen LogP contribution in [0.5, 0.6) is 5.75 Å². The second-order valence-electron chi connectivity index (χ2n) is 8.74. The first kappa shape index (κ1) is 24.0. The number of ether oxygens (including phenoxy) is 2. The number of pyridine rings is 1. The summed E-state index contributed by atoms with van der Waals surface area (Å²) < 4.78 is 13.2. The number of morpholine rings is 1. The van der Waals surface area contributed by atoms with Crippen molar-refractivity contribution in [3.8, 4) is 5.75 Å². The molecule has 3 heterocycles. The fourth-order valence-electron chi connectivity index (χ4n) is 3.65. The first-order chi connectivity index (χ1) is 16.4. The van der Waals surface area contributed by atoms with Crippen LogP contribution in [0.1, 0.15) is 35.5 Å². The summed E-state index contributed by atoms with van der Waals surface area (Å²) in [7, 11) is 0. The zero-order valence-corrected chi connectivity index (χ0v) is 20.5. The van der Waals surface area contributed by atoms with Gasteiger partial charge in [0.15, 0.2) is 5.82 Å². The van der Waals surface area contributed by atoms with Crippen LogP contribution in [0, 0.1) is 12.8 Å². The van der Waals surface area contributed by atoms with E-state index in [4.69, 9.17) is 21.1 Å². The van der Waals surface area contributed by atoms with Crippen LogP contribution < -0.4 is 15.0 Å². The van der Waals surface area contributed by atoms with Crippen molar-refractivity contribution in [2.24, 2.45) is 5.92 Å². The van der Waals surface area contributed by atoms with Crippen molar-refractivity contribution in [2.75, 3.05) is 43.1 Å². The molecule has 0 bridgehead atoms. The highest BCUT2D eigenvalue weighted by molar-refractivity contribution is 6.30. The average Bonchev–Trinajstić information content (AvgIpc) is 3.17. The number of carbonyl (C=O) groups is 1. The predicted octanol–water partition coefficient (Wildman–Crippen LogP) is 4.41. The number of halogens is 1. The SMILES string of the molecule is Cc1cc(NC(=O)c2ccc(N3CCOCC3)nc2)nn1Cc1cc(Cl)ccc1OCC(C)C. The third-order valence-corrected chi connectivity index (χ3v) is 5.72. The Labute approximate surface area is 204 Å². The average molecular weight is 484 g/mol. The van der Waals surface area contributed by atoms with Gasteiger partial charge in [0.05, 0.1) is 31.9 Å². The monoisotopic (exact) mass is 483 g/mol. The number of amides is 1. The van der Waals surface area contributed by atoms with Gasteiger partial charge in [-0.3, -0.25) is 9.48 Å². The standard InChI is InChI=1S/C25H30ClN5O3/c1-17(2)16-34-22-6-5-21(26)13-20(22)15-31-18(3)12-23(29-31)28-25(32)19-4-7-24(27-14-19)30-8-10-33-11-9-30/h4-7,12-14,17H,8-11,15-16H2,1-3H3,(H,28,29,32). The predicted molar refractivity (Wildman–Crippen MR) is 133 cm³/mol. The first-order valence-electron chi connectivity index (χ1n) is 11.4. The molecule has 0 atom stereocenters. The minimum absolute atomic E-state index is 0.255. The molecule has 9 heteroatoms. The van der Waals surface area contributed by atoms with Gasteiger partial charge in [-0.25, -0.2) is 4.98 Å². The highest BCUT2D eigenvalue weighted by Crippen LogP contribution is 2.25. The molecule has 0 spiro atoms. The smallest absolute Gasteiger partial charge is 0.258 e. The Kier molecular flexibility index (Phi) is 7.70. The van der Waals surface area contributed by atoms with Crippen LogP contribution in [-0.2, 0) is 11.3 Å². The number of hydrogen-bond donors (Lipinski definition) is 1. The van der Waals surface area contributed by atoms with Crippen molar-refractivity contribution in [3.05, 3.63) is 64.4 Å². The number of hydrogen-bond acceptors (Lipinski definition) is 6. The summed E-state index contributed by atoms with van der Waals surface area (Å²) in [6, 6.07) is 11.1. The molecule has 34 heavy (non-hydrogen) atoms. The molecule has 1 fully saturated rings. The topological polar surface area (TPSA) is 81.5 Å². The van der Waals surface area contributed by atoms with Crippen LogP contribution in [0.3, 0.4) is 0 Å². The number of anilines is 2. The summed E-state index contributed by atoms with van der Waals surface area (Å²) in [4.78, 5) is 19.3. The molecule has 0 radical (unpaired) electrons. The van der Waals surface area contributed by atoms with Gasteiger partial charge in [0.2, 0.25) is 0 Å². The van der Waals surface area contributed by atoms with Crippen LogP contribution >= 0.6 is 11.6 Å². The molecule has 4 rings (SSSR count). The summed E-state index contributed by atoms with van der Waals surface area (Å²) in [5.74, 6) is 2.26. The minimum atomic E-state index is -0.255. The van der Waals surface area contributed by atoms with Crippen molar-refractivity contribution in [1.29, 1.82) is 0 Å². The molecule has 8 nitrogen and oxygen atoms in total. The largest absolute Gasteiger partial charge is 0.493 e. The molecule has 1 amide bonds. The van der Waals surface area contributed by atoms with Crippen molar-refractivity contribution >= 4 is 29.1 Å². The lowest BCUT2D eigenvalue weighted by molar-refractivity contribution is 0.102. The third kappa shape index (κ3) is 6.07. The van der Waals surface area contributed by atoms with E-state index in [1.807, 2.05) is 41.9 Å². The summed E-state index contributed by atoms with van der Waals surface area (Å²) in [6.07, 6.45) is 1.59. The van der Waals surface area contributed by atoms with E-state index in [1.54, 1.807) is 12.3 Å². The molecule has 1 saturated heterocycles. The van der Waals surface area contributed by atoms with E-state index in [1.165, 1.54) is 0 Å². The van der Waals surface area contributed by atoms with E-state index in [9.17, 15) is 4.79 Å². The molecule has 1 aliphatic heterocycles. The maximum atomic E-state index is 12.8. The summed E-state index contributed by atoms with van der Waals surface area (Å²) >= 11 is 6.23. The zero-order chi connectivity index (χ0) is 24.1. The number of carbonyl (C=O) groups excluding carboxylic acids is 1. The fraction of sp³-hybridized carbons (Fsp3) is 0.400. The van der Waals surface area contributed by atoms with Gasteiger partial charge in [-0.2, -0.15) is 5.10 Å². The maximum absolute atomic E-state index is 12.8. The molecule has 3 aromatic rings. The second kappa shape index (κ2) is 10.9. The van der Waals surface area contributed by atoms with E-state index in [0.29, 0.717) is 48.7 Å². The maximum Gasteiger partial charge on any atom is 0.258 e. The van der Waals surface area contributed by atoms with E-state index < -0.39 is 0 Å². The van der Waals surface area contributed by atoms with Crippen LogP contribution in [0.25, 0.3) is 0 Å². The molecule has 1 N–H and O–H groups in total. The van der Waals surface area contributed by atoms with Gasteiger partial charge in [0.1, 0.15) is 11.6 Å². The van der Waals surface area contributed by atoms with Crippen LogP contribution in [0.2, 0.25) is 5.02 Å². The van der Waals surface area contributed by atoms with Crippen LogP contribution in [0.4, 0.5) is 11.6 Å². The Morgan fingerprint density at radius 1 is 1.21 bits per heavy atom. The van der Waals surface area contributed by atoms with Crippen molar-refractivity contribution in [2.45, 2.75) is 27.3 Å². The van der Waals surface area contributed by atoms with Crippen molar-refractivity contribution in [1.82, 2.24) is 14.8 Å². The molecule has 0 aliphatic carbocycles. The third-order valence-electron chi connectivity index (χ3n) is 5.48. The molecular formula is C25H30ClN5O3. The Morgan fingerprint density at radius 3 is 2.71 bits per heavy atom. The molecular weight excluding hydrogens is 454 g/mol. The number of aromatic nitrogens is 3. The molecule has 2 aromatic heterocycles. The Balaban J connectivity index is 1.43. The van der Waals surface area contributed by atoms with Gasteiger partial charge in [0, 0.05) is 41.6 Å². The number of rotatable bonds is 8. The molecule has 0 saturated carbocycles. The van der Waals surface area contributed by atoms with Gasteiger partial charge in [-0.15, -0.1) is 0 Å². The minimum Gasteiger partial charge on any atom is -0.493 e. The summed E-state index contributed by atoms with van der Waals surface area (Å²) in [5.41, 5.74) is 2.31. The van der Waals surface area contributed by atoms with E-state index in [0.717, 1.165) is 35.9 Å². The van der Waals surface area contributed by atoms with Crippen molar-refractivity contribution in [3.63, 3.8) is 0 Å². The van der Waals surface area contributed by atoms with Crippen molar-refractivity contribution < 1.29 is 14.3 Å². The Morgan fingerprint density at radius 2 is 2.00 bits per heavy atom. The highest BCUT2D eigenvalue weighted by atomic mass is 35.5. The number of aryl methyl sites for hydroxylation is 1. The highest BCUT2D eigenvalue weighted by Gasteiger charge is 2.15. The van der Waals surface area contributed by atoms with Gasteiger partial charge < -0.3 is 19.7 Å². The normalized spacial score (nSPS) is 13.9. The second-order valence-corrected chi connectivity index (χ2v) is 9.18. The number of nitrogens with one attached hydrogen (secondary N) is 1. The quantitative estimate of drug-likeness (QED) is 0.511. The number of nitrogens with zero attached hydrogens (tertiary/aromatic N) is 4. The van der Waals surface area contributed by atoms with Crippen LogP contribution in [-0.4, -0.2) is 53.6 Å². The van der Waals surface area contributed by atoms with Gasteiger partial charge in [-0.05, 0) is 43.2 Å². The lowest BCUT2D eigenvalue weighted by atomic mass is 10.2. The fourth-order valence-corrected chi connectivity index (χ4v) is 3.84. The lowest BCUT2D eigenvalue weighted by Crippen LogP contribution is -2.36. The van der Waals surface area contributed by atoms with Crippen LogP contribution in [0.15, 0.2) is 42.6 Å². The van der Waals surface area contributed by atoms with Gasteiger partial charge in [0.25, 0.3) is 5.91 Å². The van der Waals surface area contributed by atoms with E-state index in [-0.39, 0.29) is 5.91 Å². The number of benzene rings is 1. The Hall–Kier alpha value is -3.10.